The molecule has 4 nitrogen and oxygen atoms in total. The average Bonchev–Trinajstić information content (AvgIpc) is 2.42. The summed E-state index contributed by atoms with van der Waals surface area (Å²) in [5, 5.41) is 0.296. The number of hydrogen-bond acceptors (Lipinski definition) is 3. The molecule has 0 heterocycles. The molecular weight excluding hydrogens is 338 g/mol. The van der Waals surface area contributed by atoms with Crippen LogP contribution in [-0.2, 0) is 10.0 Å². The van der Waals surface area contributed by atoms with Gasteiger partial charge in [-0.25, -0.2) is 12.8 Å². The third-order valence-electron chi connectivity index (χ3n) is 2.82. The fraction of sp³-hybridized carbons (Fsp3) is 0.0769. The Morgan fingerprint density at radius 3 is 2.52 bits per heavy atom. The van der Waals surface area contributed by atoms with Gasteiger partial charge in [0.25, 0.3) is 10.0 Å². The molecule has 0 fully saturated rings. The molecule has 0 unspecified atom stereocenters. The lowest BCUT2D eigenvalue weighted by Gasteiger charge is -2.14. The SMILES string of the molecule is Cc1ccc(Cl)c(NS(=O)(=O)c2cccc(F)c2N)c1Cl. The first-order valence-electron chi connectivity index (χ1n) is 5.75. The molecule has 0 radical (unpaired) electrons. The van der Waals surface area contributed by atoms with E-state index in [0.717, 1.165) is 6.07 Å². The second-order valence-corrected chi connectivity index (χ2v) is 6.75. The van der Waals surface area contributed by atoms with Gasteiger partial charge in [-0.1, -0.05) is 35.3 Å². The molecule has 0 saturated carbocycles. The number of benzene rings is 2. The van der Waals surface area contributed by atoms with Crippen LogP contribution in [0.5, 0.6) is 0 Å². The van der Waals surface area contributed by atoms with Crippen molar-refractivity contribution < 1.29 is 12.8 Å². The number of nitrogens with two attached hydrogens (primary N) is 1. The van der Waals surface area contributed by atoms with Gasteiger partial charge in [-0.2, -0.15) is 0 Å². The zero-order chi connectivity index (χ0) is 15.8. The van der Waals surface area contributed by atoms with E-state index in [9.17, 15) is 12.8 Å². The predicted molar refractivity (Wildman–Crippen MR) is 82.8 cm³/mol. The lowest BCUT2D eigenvalue weighted by Crippen LogP contribution is -2.16. The van der Waals surface area contributed by atoms with Crippen LogP contribution in [-0.4, -0.2) is 8.42 Å². The highest BCUT2D eigenvalue weighted by Crippen LogP contribution is 2.35. The molecule has 2 aromatic rings. The molecule has 0 spiro atoms. The van der Waals surface area contributed by atoms with Gasteiger partial charge in [0.1, 0.15) is 10.7 Å². The van der Waals surface area contributed by atoms with E-state index in [1.54, 1.807) is 13.0 Å². The van der Waals surface area contributed by atoms with E-state index in [0.29, 0.717) is 5.56 Å². The first-order chi connectivity index (χ1) is 9.74. The Balaban J connectivity index is 2.53. The van der Waals surface area contributed by atoms with Gasteiger partial charge in [0.15, 0.2) is 0 Å². The van der Waals surface area contributed by atoms with Crippen LogP contribution in [0.4, 0.5) is 15.8 Å². The maximum absolute atomic E-state index is 13.4. The third kappa shape index (κ3) is 3.07. The number of rotatable bonds is 3. The molecular formula is C13H11Cl2FN2O2S. The van der Waals surface area contributed by atoms with Gasteiger partial charge >= 0.3 is 0 Å². The average molecular weight is 349 g/mol. The summed E-state index contributed by atoms with van der Waals surface area (Å²) >= 11 is 12.0. The Morgan fingerprint density at radius 2 is 1.86 bits per heavy atom. The summed E-state index contributed by atoms with van der Waals surface area (Å²) in [4.78, 5) is -0.379. The largest absolute Gasteiger partial charge is 0.395 e. The van der Waals surface area contributed by atoms with Crippen LogP contribution in [0.25, 0.3) is 0 Å². The highest BCUT2D eigenvalue weighted by molar-refractivity contribution is 7.93. The van der Waals surface area contributed by atoms with Crippen LogP contribution < -0.4 is 10.5 Å². The van der Waals surface area contributed by atoms with Crippen molar-refractivity contribution in [1.82, 2.24) is 0 Å². The summed E-state index contributed by atoms with van der Waals surface area (Å²) in [6.45, 7) is 1.70. The van der Waals surface area contributed by atoms with Crippen molar-refractivity contribution in [3.63, 3.8) is 0 Å². The smallest absolute Gasteiger partial charge is 0.264 e. The van der Waals surface area contributed by atoms with Crippen molar-refractivity contribution >= 4 is 44.6 Å². The van der Waals surface area contributed by atoms with Crippen LogP contribution in [0.3, 0.4) is 0 Å². The Hall–Kier alpha value is -1.50. The molecule has 21 heavy (non-hydrogen) atoms. The molecule has 0 aromatic heterocycles. The van der Waals surface area contributed by atoms with Gasteiger partial charge in [-0.3, -0.25) is 4.72 Å². The molecule has 0 aliphatic rings. The van der Waals surface area contributed by atoms with Crippen molar-refractivity contribution in [2.75, 3.05) is 10.5 Å². The first kappa shape index (κ1) is 15.9. The molecule has 112 valence electrons. The van der Waals surface area contributed by atoms with Crippen molar-refractivity contribution in [3.05, 3.63) is 51.8 Å². The molecule has 2 aromatic carbocycles. The van der Waals surface area contributed by atoms with Crippen LogP contribution in [0.2, 0.25) is 10.0 Å². The Labute approximate surface area is 131 Å². The minimum absolute atomic E-state index is 0.0296. The maximum Gasteiger partial charge on any atom is 0.264 e. The number of halogens is 3. The summed E-state index contributed by atoms with van der Waals surface area (Å²) in [5.74, 6) is -0.820. The molecule has 0 bridgehead atoms. The van der Waals surface area contributed by atoms with E-state index in [4.69, 9.17) is 28.9 Å². The number of para-hydroxylation sites is 1. The fourth-order valence-electron chi connectivity index (χ4n) is 1.69. The maximum atomic E-state index is 13.4. The van der Waals surface area contributed by atoms with Gasteiger partial charge in [-0.15, -0.1) is 0 Å². The molecule has 0 amide bonds. The molecule has 2 rings (SSSR count). The van der Waals surface area contributed by atoms with E-state index < -0.39 is 21.5 Å². The summed E-state index contributed by atoms with van der Waals surface area (Å²) in [6.07, 6.45) is 0. The van der Waals surface area contributed by atoms with Gasteiger partial charge in [0.05, 0.1) is 21.4 Å². The van der Waals surface area contributed by atoms with Gasteiger partial charge in [0.2, 0.25) is 0 Å². The van der Waals surface area contributed by atoms with Crippen molar-refractivity contribution in [2.45, 2.75) is 11.8 Å². The molecule has 3 N–H and O–H groups in total. The highest BCUT2D eigenvalue weighted by Gasteiger charge is 2.22. The van der Waals surface area contributed by atoms with E-state index in [-0.39, 0.29) is 20.6 Å². The number of aryl methyl sites for hydroxylation is 1. The monoisotopic (exact) mass is 348 g/mol. The zero-order valence-corrected chi connectivity index (χ0v) is 13.2. The van der Waals surface area contributed by atoms with Crippen molar-refractivity contribution in [3.8, 4) is 0 Å². The van der Waals surface area contributed by atoms with Crippen LogP contribution in [0, 0.1) is 12.7 Å². The summed E-state index contributed by atoms with van der Waals surface area (Å²) < 4.78 is 40.3. The minimum Gasteiger partial charge on any atom is -0.395 e. The van der Waals surface area contributed by atoms with Gasteiger partial charge in [-0.05, 0) is 30.7 Å². The molecule has 0 atom stereocenters. The van der Waals surface area contributed by atoms with Crippen molar-refractivity contribution in [1.29, 1.82) is 0 Å². The van der Waals surface area contributed by atoms with E-state index >= 15 is 0 Å². The normalized spacial score (nSPS) is 11.4. The predicted octanol–water partition coefficient (Wildman–Crippen LogP) is 3.82. The molecule has 0 aliphatic carbocycles. The first-order valence-corrected chi connectivity index (χ1v) is 7.99. The standard InChI is InChI=1S/C13H11Cl2FN2O2S/c1-7-5-6-8(14)13(11(7)15)18-21(19,20)10-4-2-3-9(16)12(10)17/h2-6,18H,17H2,1H3. The fourth-order valence-corrected chi connectivity index (χ4v) is 3.50. The Bertz CT molecular complexity index is 810. The lowest BCUT2D eigenvalue weighted by molar-refractivity contribution is 0.597. The number of anilines is 2. The number of sulfonamides is 1. The number of nitrogens with one attached hydrogen (secondary N) is 1. The number of nitrogen functional groups attached to an aromatic ring is 1. The van der Waals surface area contributed by atoms with E-state index in [1.165, 1.54) is 18.2 Å². The van der Waals surface area contributed by atoms with Crippen LogP contribution in [0.15, 0.2) is 35.2 Å². The van der Waals surface area contributed by atoms with Crippen molar-refractivity contribution in [2.24, 2.45) is 0 Å². The topological polar surface area (TPSA) is 72.2 Å². The van der Waals surface area contributed by atoms with Crippen LogP contribution in [0.1, 0.15) is 5.56 Å². The second kappa shape index (κ2) is 5.71. The summed E-state index contributed by atoms with van der Waals surface area (Å²) in [6, 6.07) is 6.67. The number of hydrogen-bond donors (Lipinski definition) is 2. The van der Waals surface area contributed by atoms with Gasteiger partial charge < -0.3 is 5.73 Å². The molecule has 8 heteroatoms. The van der Waals surface area contributed by atoms with Gasteiger partial charge in [0, 0.05) is 0 Å². The van der Waals surface area contributed by atoms with E-state index in [1.807, 2.05) is 0 Å². The minimum atomic E-state index is -4.11. The molecule has 0 saturated heterocycles. The quantitative estimate of drug-likeness (QED) is 0.828. The Morgan fingerprint density at radius 1 is 1.19 bits per heavy atom. The lowest BCUT2D eigenvalue weighted by atomic mass is 10.2. The molecule has 0 aliphatic heterocycles. The summed E-state index contributed by atoms with van der Waals surface area (Å²) in [5.41, 5.74) is 5.67. The third-order valence-corrected chi connectivity index (χ3v) is 5.03. The Kier molecular flexibility index (Phi) is 4.32. The zero-order valence-electron chi connectivity index (χ0n) is 10.8. The summed E-state index contributed by atoms with van der Waals surface area (Å²) in [7, 11) is -4.11. The second-order valence-electron chi connectivity index (χ2n) is 4.31. The van der Waals surface area contributed by atoms with Crippen LogP contribution >= 0.6 is 23.2 Å². The van der Waals surface area contributed by atoms with E-state index in [2.05, 4.69) is 4.72 Å². The highest BCUT2D eigenvalue weighted by atomic mass is 35.5.